The van der Waals surface area contributed by atoms with Crippen LogP contribution in [0.15, 0.2) is 84.9 Å². The predicted molar refractivity (Wildman–Crippen MR) is 128 cm³/mol. The smallest absolute Gasteiger partial charge is 0.0355 e. The summed E-state index contributed by atoms with van der Waals surface area (Å²) in [5.74, 6) is 0. The van der Waals surface area contributed by atoms with E-state index in [0.29, 0.717) is 0 Å². The van der Waals surface area contributed by atoms with Crippen LogP contribution < -0.4 is 0 Å². The Balaban J connectivity index is 1.43. The summed E-state index contributed by atoms with van der Waals surface area (Å²) in [6.45, 7) is 0. The Kier molecular flexibility index (Phi) is 3.61. The molecule has 2 heterocycles. The fourth-order valence-corrected chi connectivity index (χ4v) is 5.92. The van der Waals surface area contributed by atoms with E-state index in [0.717, 1.165) is 0 Å². The number of hydrogen-bond donors (Lipinski definition) is 0. The lowest BCUT2D eigenvalue weighted by Gasteiger charge is -1.97. The van der Waals surface area contributed by atoms with Crippen LogP contribution in [-0.4, -0.2) is 0 Å². The predicted octanol–water partition coefficient (Wildman–Crippen LogP) is 8.59. The molecule has 0 fully saturated rings. The van der Waals surface area contributed by atoms with Crippen LogP contribution in [0, 0.1) is 0 Å². The molecule has 0 spiro atoms. The zero-order valence-electron chi connectivity index (χ0n) is 15.1. The highest BCUT2D eigenvalue weighted by Gasteiger charge is 2.06. The van der Waals surface area contributed by atoms with Gasteiger partial charge >= 0.3 is 0 Å². The number of benzene rings is 4. The number of hydrogen-bond acceptors (Lipinski definition) is 2. The van der Waals surface area contributed by atoms with Crippen LogP contribution in [0.3, 0.4) is 0 Å². The molecule has 0 radical (unpaired) electrons. The van der Waals surface area contributed by atoms with E-state index in [4.69, 9.17) is 0 Å². The van der Waals surface area contributed by atoms with E-state index in [2.05, 4.69) is 97.1 Å². The van der Waals surface area contributed by atoms with Gasteiger partial charge in [0.1, 0.15) is 0 Å². The summed E-state index contributed by atoms with van der Waals surface area (Å²) in [5, 5.41) is 7.99. The van der Waals surface area contributed by atoms with Crippen molar-refractivity contribution in [3.63, 3.8) is 0 Å². The van der Waals surface area contributed by atoms with Crippen LogP contribution in [0.2, 0.25) is 0 Å². The first kappa shape index (κ1) is 16.1. The van der Waals surface area contributed by atoms with Gasteiger partial charge in [-0.15, -0.1) is 22.7 Å². The molecule has 0 aliphatic heterocycles. The standard InChI is InChI=1S/C26H16S2/c1-3-7-21-17(5-1)9-13-25-23(21)15-19(27-25)11-12-20-16-24-22-8-4-2-6-18(22)10-14-26(24)28-20/h1-16H/b12-11+. The van der Waals surface area contributed by atoms with E-state index < -0.39 is 0 Å². The number of fused-ring (bicyclic) bond motifs is 6. The first-order valence-corrected chi connectivity index (χ1v) is 11.0. The van der Waals surface area contributed by atoms with Crippen molar-refractivity contribution in [3.05, 3.63) is 94.7 Å². The Labute approximate surface area is 171 Å². The summed E-state index contributed by atoms with van der Waals surface area (Å²) in [4.78, 5) is 2.60. The van der Waals surface area contributed by atoms with Crippen molar-refractivity contribution < 1.29 is 0 Å². The van der Waals surface area contributed by atoms with Crippen LogP contribution in [-0.2, 0) is 0 Å². The molecule has 132 valence electrons. The third kappa shape index (κ3) is 2.57. The van der Waals surface area contributed by atoms with Crippen molar-refractivity contribution in [3.8, 4) is 0 Å². The van der Waals surface area contributed by atoms with Gasteiger partial charge in [-0.25, -0.2) is 0 Å². The lowest BCUT2D eigenvalue weighted by molar-refractivity contribution is 1.81. The van der Waals surface area contributed by atoms with Gasteiger partial charge in [0.2, 0.25) is 0 Å². The van der Waals surface area contributed by atoms with Gasteiger partial charge in [0.05, 0.1) is 0 Å². The molecular formula is C26H16S2. The Morgan fingerprint density at radius 3 is 1.43 bits per heavy atom. The molecule has 2 aromatic heterocycles. The second-order valence-electron chi connectivity index (χ2n) is 7.03. The van der Waals surface area contributed by atoms with E-state index in [1.54, 1.807) is 0 Å². The molecule has 0 N–H and O–H groups in total. The van der Waals surface area contributed by atoms with Gasteiger partial charge in [0.25, 0.3) is 0 Å². The minimum atomic E-state index is 1.30. The van der Waals surface area contributed by atoms with Crippen molar-refractivity contribution in [2.24, 2.45) is 0 Å². The molecule has 0 bridgehead atoms. The molecule has 0 amide bonds. The highest BCUT2D eigenvalue weighted by atomic mass is 32.1. The lowest BCUT2D eigenvalue weighted by atomic mass is 10.1. The normalized spacial score (nSPS) is 12.1. The molecule has 2 heteroatoms. The highest BCUT2D eigenvalue weighted by Crippen LogP contribution is 2.35. The number of thiophene rings is 2. The van der Waals surface area contributed by atoms with Crippen LogP contribution in [0.25, 0.3) is 53.9 Å². The first-order chi connectivity index (χ1) is 13.8. The van der Waals surface area contributed by atoms with E-state index in [1.807, 2.05) is 22.7 Å². The molecule has 0 aliphatic carbocycles. The van der Waals surface area contributed by atoms with Gasteiger partial charge in [-0.05, 0) is 58.0 Å². The van der Waals surface area contributed by atoms with Gasteiger partial charge in [0.15, 0.2) is 0 Å². The van der Waals surface area contributed by atoms with Crippen LogP contribution >= 0.6 is 22.7 Å². The zero-order chi connectivity index (χ0) is 18.5. The summed E-state index contributed by atoms with van der Waals surface area (Å²) in [6.07, 6.45) is 4.51. The van der Waals surface area contributed by atoms with Crippen molar-refractivity contribution >= 4 is 76.5 Å². The summed E-state index contributed by atoms with van der Waals surface area (Å²) in [6, 6.07) is 30.8. The van der Waals surface area contributed by atoms with Crippen LogP contribution in [0.4, 0.5) is 0 Å². The molecule has 6 aromatic rings. The molecule has 6 rings (SSSR count). The quantitative estimate of drug-likeness (QED) is 0.277. The highest BCUT2D eigenvalue weighted by molar-refractivity contribution is 7.20. The Bertz CT molecular complexity index is 1400. The minimum Gasteiger partial charge on any atom is -0.136 e. The summed E-state index contributed by atoms with van der Waals surface area (Å²) < 4.78 is 2.70. The molecule has 0 atom stereocenters. The van der Waals surface area contributed by atoms with E-state index >= 15 is 0 Å². The van der Waals surface area contributed by atoms with Crippen molar-refractivity contribution in [2.75, 3.05) is 0 Å². The maximum absolute atomic E-state index is 2.32. The number of rotatable bonds is 2. The first-order valence-electron chi connectivity index (χ1n) is 9.36. The lowest BCUT2D eigenvalue weighted by Crippen LogP contribution is -1.71. The van der Waals surface area contributed by atoms with E-state index in [1.165, 1.54) is 51.5 Å². The molecule has 0 saturated carbocycles. The monoisotopic (exact) mass is 392 g/mol. The molecule has 4 aromatic carbocycles. The van der Waals surface area contributed by atoms with Gasteiger partial charge < -0.3 is 0 Å². The fraction of sp³-hybridized carbons (Fsp3) is 0. The maximum Gasteiger partial charge on any atom is 0.0355 e. The van der Waals surface area contributed by atoms with Crippen LogP contribution in [0.1, 0.15) is 9.75 Å². The van der Waals surface area contributed by atoms with Crippen LogP contribution in [0.5, 0.6) is 0 Å². The average molecular weight is 393 g/mol. The third-order valence-corrected chi connectivity index (χ3v) is 7.43. The molecule has 0 aliphatic rings. The molecule has 28 heavy (non-hydrogen) atoms. The second kappa shape index (κ2) is 6.30. The Morgan fingerprint density at radius 1 is 0.464 bits per heavy atom. The summed E-state index contributed by atoms with van der Waals surface area (Å²) >= 11 is 3.72. The van der Waals surface area contributed by atoms with Crippen molar-refractivity contribution in [2.45, 2.75) is 0 Å². The van der Waals surface area contributed by atoms with Gasteiger partial charge in [-0.3, -0.25) is 0 Å². The molecule has 0 unspecified atom stereocenters. The second-order valence-corrected chi connectivity index (χ2v) is 9.26. The largest absolute Gasteiger partial charge is 0.136 e. The minimum absolute atomic E-state index is 1.30. The Hall–Kier alpha value is -2.94. The summed E-state index contributed by atoms with van der Waals surface area (Å²) in [5.41, 5.74) is 0. The fourth-order valence-electron chi connectivity index (χ4n) is 3.95. The Morgan fingerprint density at radius 2 is 0.929 bits per heavy atom. The van der Waals surface area contributed by atoms with Gasteiger partial charge in [-0.2, -0.15) is 0 Å². The summed E-state index contributed by atoms with van der Waals surface area (Å²) in [7, 11) is 0. The van der Waals surface area contributed by atoms with Gasteiger partial charge in [0, 0.05) is 29.9 Å². The van der Waals surface area contributed by atoms with Gasteiger partial charge in [-0.1, -0.05) is 60.7 Å². The average Bonchev–Trinajstić information content (AvgIpc) is 3.36. The van der Waals surface area contributed by atoms with Crippen molar-refractivity contribution in [1.29, 1.82) is 0 Å². The molecule has 0 nitrogen and oxygen atoms in total. The van der Waals surface area contributed by atoms with E-state index in [9.17, 15) is 0 Å². The SMILES string of the molecule is C(=C\c1cc2c(ccc3ccccc32)s1)/c1cc2c(ccc3ccccc32)s1. The third-order valence-electron chi connectivity index (χ3n) is 5.30. The zero-order valence-corrected chi connectivity index (χ0v) is 16.7. The topological polar surface area (TPSA) is 0 Å². The maximum atomic E-state index is 2.32. The van der Waals surface area contributed by atoms with Crippen molar-refractivity contribution in [1.82, 2.24) is 0 Å². The molecular weight excluding hydrogens is 376 g/mol. The molecule has 0 saturated heterocycles. The van der Waals surface area contributed by atoms with E-state index in [-0.39, 0.29) is 0 Å².